The third-order valence-corrected chi connectivity index (χ3v) is 6.42. The summed E-state index contributed by atoms with van der Waals surface area (Å²) in [5.41, 5.74) is 2.37. The number of pyridine rings is 2. The van der Waals surface area contributed by atoms with Gasteiger partial charge in [0.05, 0.1) is 18.8 Å². The van der Waals surface area contributed by atoms with E-state index in [1.807, 2.05) is 30.3 Å². The minimum absolute atomic E-state index is 0.186. The zero-order valence-corrected chi connectivity index (χ0v) is 19.7. The van der Waals surface area contributed by atoms with Gasteiger partial charge in [-0.3, -0.25) is 20.0 Å². The maximum atomic E-state index is 12.7. The molecule has 9 nitrogen and oxygen atoms in total. The van der Waals surface area contributed by atoms with Gasteiger partial charge in [0.1, 0.15) is 11.1 Å². The second-order valence-electron chi connectivity index (χ2n) is 7.92. The summed E-state index contributed by atoms with van der Waals surface area (Å²) >= 11 is 1.29. The first-order chi connectivity index (χ1) is 17.2. The fourth-order valence-electron chi connectivity index (χ4n) is 3.68. The van der Waals surface area contributed by atoms with Crippen LogP contribution in [0.2, 0.25) is 0 Å². The van der Waals surface area contributed by atoms with Gasteiger partial charge in [-0.1, -0.05) is 41.7 Å². The lowest BCUT2D eigenvalue weighted by molar-refractivity contribution is 0.0182. The predicted molar refractivity (Wildman–Crippen MR) is 132 cm³/mol. The fraction of sp³-hybridized carbons (Fsp3) is 0.240. The molecule has 0 bridgehead atoms. The van der Waals surface area contributed by atoms with Gasteiger partial charge in [-0.2, -0.15) is 0 Å². The van der Waals surface area contributed by atoms with Crippen molar-refractivity contribution in [3.05, 3.63) is 84.3 Å². The summed E-state index contributed by atoms with van der Waals surface area (Å²) in [5.74, 6) is 0.147. The number of hydrogen-bond acceptors (Lipinski definition) is 9. The number of anilines is 1. The second kappa shape index (κ2) is 11.1. The Morgan fingerprint density at radius 3 is 2.60 bits per heavy atom. The summed E-state index contributed by atoms with van der Waals surface area (Å²) < 4.78 is 11.7. The molecule has 1 aromatic carbocycles. The van der Waals surface area contributed by atoms with Gasteiger partial charge >= 0.3 is 0 Å². The highest BCUT2D eigenvalue weighted by molar-refractivity contribution is 7.18. The molecule has 1 saturated heterocycles. The number of amides is 1. The van der Waals surface area contributed by atoms with E-state index in [0.29, 0.717) is 21.6 Å². The Morgan fingerprint density at radius 2 is 1.86 bits per heavy atom. The van der Waals surface area contributed by atoms with Gasteiger partial charge in [0.15, 0.2) is 0 Å². The molecule has 10 heteroatoms. The summed E-state index contributed by atoms with van der Waals surface area (Å²) in [6.45, 7) is 3.92. The number of rotatable bonds is 8. The van der Waals surface area contributed by atoms with Crippen LogP contribution in [0, 0.1) is 0 Å². The molecular weight excluding hydrogens is 464 g/mol. The molecule has 1 amide bonds. The SMILES string of the molecule is O=C(Nc1nnc(-c2ccncc2)s1)c1ccc(OC(CN2CCOCC2)c2ccccc2)nc1. The minimum atomic E-state index is -0.311. The molecular formula is C25H24N6O3S. The number of benzene rings is 1. The van der Waals surface area contributed by atoms with E-state index in [1.54, 1.807) is 24.5 Å². The van der Waals surface area contributed by atoms with Crippen molar-refractivity contribution in [2.45, 2.75) is 6.10 Å². The molecule has 35 heavy (non-hydrogen) atoms. The van der Waals surface area contributed by atoms with Crippen LogP contribution in [0.25, 0.3) is 10.6 Å². The van der Waals surface area contributed by atoms with Gasteiger partial charge < -0.3 is 9.47 Å². The van der Waals surface area contributed by atoms with Crippen molar-refractivity contribution in [3.63, 3.8) is 0 Å². The Bertz CT molecular complexity index is 1230. The topological polar surface area (TPSA) is 102 Å². The molecule has 1 atom stereocenters. The number of nitrogens with one attached hydrogen (secondary N) is 1. The predicted octanol–water partition coefficient (Wildman–Crippen LogP) is 3.70. The Kier molecular flexibility index (Phi) is 7.32. The van der Waals surface area contributed by atoms with Crippen LogP contribution in [0.4, 0.5) is 5.13 Å². The number of hydrogen-bond donors (Lipinski definition) is 1. The summed E-state index contributed by atoms with van der Waals surface area (Å²) in [6.07, 6.45) is 4.70. The standard InChI is InChI=1S/C25H24N6O3S/c32-23(28-25-30-29-24(35-25)19-8-10-26-11-9-19)20-6-7-22(27-16-20)34-21(18-4-2-1-3-5-18)17-31-12-14-33-15-13-31/h1-11,16,21H,12-15,17H2,(H,28,30,32). The van der Waals surface area contributed by atoms with E-state index in [4.69, 9.17) is 9.47 Å². The van der Waals surface area contributed by atoms with Crippen LogP contribution in [0.15, 0.2) is 73.2 Å². The van der Waals surface area contributed by atoms with E-state index in [1.165, 1.54) is 17.5 Å². The number of aromatic nitrogens is 4. The summed E-state index contributed by atoms with van der Waals surface area (Å²) in [4.78, 5) is 23.4. The van der Waals surface area contributed by atoms with Gasteiger partial charge in [-0.15, -0.1) is 10.2 Å². The van der Waals surface area contributed by atoms with Crippen LogP contribution in [0.1, 0.15) is 22.0 Å². The average Bonchev–Trinajstić information content (AvgIpc) is 3.39. The molecule has 1 unspecified atom stereocenters. The molecule has 4 aromatic rings. The molecule has 1 aliphatic rings. The van der Waals surface area contributed by atoms with E-state index in [2.05, 4.69) is 42.5 Å². The highest BCUT2D eigenvalue weighted by atomic mass is 32.1. The Balaban J connectivity index is 1.24. The molecule has 5 rings (SSSR count). The maximum absolute atomic E-state index is 12.7. The molecule has 0 saturated carbocycles. The minimum Gasteiger partial charge on any atom is -0.468 e. The lowest BCUT2D eigenvalue weighted by Crippen LogP contribution is -2.39. The van der Waals surface area contributed by atoms with Crippen LogP contribution in [-0.4, -0.2) is 63.8 Å². The van der Waals surface area contributed by atoms with E-state index in [-0.39, 0.29) is 12.0 Å². The van der Waals surface area contributed by atoms with Crippen LogP contribution in [-0.2, 0) is 4.74 Å². The first-order valence-electron chi connectivity index (χ1n) is 11.3. The van der Waals surface area contributed by atoms with Crippen LogP contribution < -0.4 is 10.1 Å². The molecule has 1 N–H and O–H groups in total. The lowest BCUT2D eigenvalue weighted by Gasteiger charge is -2.30. The monoisotopic (exact) mass is 488 g/mol. The van der Waals surface area contributed by atoms with Crippen LogP contribution >= 0.6 is 11.3 Å². The molecule has 0 spiro atoms. The fourth-order valence-corrected chi connectivity index (χ4v) is 4.43. The average molecular weight is 489 g/mol. The molecule has 178 valence electrons. The quantitative estimate of drug-likeness (QED) is 0.401. The Morgan fingerprint density at radius 1 is 1.06 bits per heavy atom. The molecule has 1 fully saturated rings. The van der Waals surface area contributed by atoms with Gasteiger partial charge in [0.25, 0.3) is 5.91 Å². The smallest absolute Gasteiger partial charge is 0.259 e. The number of carbonyl (C=O) groups is 1. The van der Waals surface area contributed by atoms with Crippen molar-refractivity contribution in [2.75, 3.05) is 38.2 Å². The van der Waals surface area contributed by atoms with Crippen molar-refractivity contribution < 1.29 is 14.3 Å². The van der Waals surface area contributed by atoms with Crippen molar-refractivity contribution in [1.82, 2.24) is 25.1 Å². The highest BCUT2D eigenvalue weighted by Crippen LogP contribution is 2.26. The summed E-state index contributed by atoms with van der Waals surface area (Å²) in [6, 6.07) is 17.2. The largest absolute Gasteiger partial charge is 0.468 e. The van der Waals surface area contributed by atoms with Gasteiger partial charge in [0, 0.05) is 49.9 Å². The highest BCUT2D eigenvalue weighted by Gasteiger charge is 2.21. The van der Waals surface area contributed by atoms with E-state index >= 15 is 0 Å². The van der Waals surface area contributed by atoms with E-state index in [9.17, 15) is 4.79 Å². The third-order valence-electron chi connectivity index (χ3n) is 5.53. The molecule has 4 heterocycles. The van der Waals surface area contributed by atoms with Gasteiger partial charge in [0.2, 0.25) is 11.0 Å². The molecule has 3 aromatic heterocycles. The summed E-state index contributed by atoms with van der Waals surface area (Å²) in [7, 11) is 0. The maximum Gasteiger partial charge on any atom is 0.259 e. The van der Waals surface area contributed by atoms with E-state index in [0.717, 1.165) is 44.0 Å². The molecule has 0 aliphatic carbocycles. The Labute approximate surface area is 206 Å². The zero-order chi connectivity index (χ0) is 23.9. The van der Waals surface area contributed by atoms with Crippen LogP contribution in [0.3, 0.4) is 0 Å². The molecule has 1 aliphatic heterocycles. The number of morpholine rings is 1. The number of ether oxygens (including phenoxy) is 2. The summed E-state index contributed by atoms with van der Waals surface area (Å²) in [5, 5.41) is 12.1. The zero-order valence-electron chi connectivity index (χ0n) is 18.9. The van der Waals surface area contributed by atoms with Gasteiger partial charge in [-0.05, 0) is 23.8 Å². The van der Waals surface area contributed by atoms with Gasteiger partial charge in [-0.25, -0.2) is 4.98 Å². The van der Waals surface area contributed by atoms with E-state index < -0.39 is 0 Å². The number of nitrogens with zero attached hydrogens (tertiary/aromatic N) is 5. The number of carbonyl (C=O) groups excluding carboxylic acids is 1. The Hall–Kier alpha value is -3.73. The molecule has 0 radical (unpaired) electrons. The van der Waals surface area contributed by atoms with Crippen molar-refractivity contribution in [2.24, 2.45) is 0 Å². The first kappa shape index (κ1) is 23.0. The van der Waals surface area contributed by atoms with Crippen molar-refractivity contribution in [3.8, 4) is 16.5 Å². The van der Waals surface area contributed by atoms with Crippen LogP contribution in [0.5, 0.6) is 5.88 Å². The third kappa shape index (κ3) is 6.04. The normalized spacial score (nSPS) is 14.9. The van der Waals surface area contributed by atoms with Crippen molar-refractivity contribution >= 4 is 22.4 Å². The lowest BCUT2D eigenvalue weighted by atomic mass is 10.1. The first-order valence-corrected chi connectivity index (χ1v) is 12.1. The second-order valence-corrected chi connectivity index (χ2v) is 8.90. The van der Waals surface area contributed by atoms with Crippen molar-refractivity contribution in [1.29, 1.82) is 0 Å².